The van der Waals surface area contributed by atoms with Gasteiger partial charge in [-0.25, -0.2) is 4.90 Å². The van der Waals surface area contributed by atoms with Crippen LogP contribution in [-0.4, -0.2) is 11.1 Å². The average molecular weight is 649 g/mol. The van der Waals surface area contributed by atoms with Gasteiger partial charge < -0.3 is 4.74 Å². The number of halogens is 5. The van der Waals surface area contributed by atoms with Crippen molar-refractivity contribution in [1.82, 2.24) is 0 Å². The molecule has 1 heterocycles. The van der Waals surface area contributed by atoms with Gasteiger partial charge in [0.2, 0.25) is 0 Å². The van der Waals surface area contributed by atoms with Gasteiger partial charge in [0.1, 0.15) is 12.4 Å². The van der Waals surface area contributed by atoms with Crippen molar-refractivity contribution in [3.8, 4) is 5.75 Å². The number of anilines is 1. The zero-order valence-electron chi connectivity index (χ0n) is 16.5. The lowest BCUT2D eigenvalue weighted by Crippen LogP contribution is -2.27. The van der Waals surface area contributed by atoms with Gasteiger partial charge in [0.15, 0.2) is 0 Å². The Morgan fingerprint density at radius 2 is 1.58 bits per heavy atom. The van der Waals surface area contributed by atoms with E-state index in [0.717, 1.165) is 27.8 Å². The van der Waals surface area contributed by atoms with Crippen molar-refractivity contribution in [3.63, 3.8) is 0 Å². The number of amides is 2. The highest BCUT2D eigenvalue weighted by atomic mass is 79.9. The van der Waals surface area contributed by atoms with Crippen molar-refractivity contribution < 1.29 is 14.3 Å². The highest BCUT2D eigenvalue weighted by Gasteiger charge is 2.36. The lowest BCUT2D eigenvalue weighted by Gasteiger charge is -2.13. The third kappa shape index (κ3) is 5.61. The fourth-order valence-electron chi connectivity index (χ4n) is 3.02. The van der Waals surface area contributed by atoms with E-state index in [2.05, 4.69) is 31.9 Å². The van der Waals surface area contributed by atoms with Gasteiger partial charge in [-0.2, -0.15) is 0 Å². The molecular weight excluding hydrogens is 636 g/mol. The Kier molecular flexibility index (Phi) is 7.78. The number of imide groups is 1. The predicted molar refractivity (Wildman–Crippen MR) is 143 cm³/mol. The van der Waals surface area contributed by atoms with E-state index >= 15 is 0 Å². The van der Waals surface area contributed by atoms with E-state index in [0.29, 0.717) is 40.4 Å². The molecular formula is C23H12Br2Cl3NO3S. The molecule has 3 aromatic rings. The van der Waals surface area contributed by atoms with Crippen LogP contribution in [0.2, 0.25) is 15.1 Å². The standard InChI is InChI=1S/C23H12Br2Cl3NO3S/c24-16-7-13(8-17(25)21(16)32-11-12-1-6-18(27)19(28)9-12)10-20-22(30)29(23(31)33-20)15-4-2-14(26)3-5-15/h1-10H,11H2/b20-10+. The Morgan fingerprint density at radius 3 is 2.21 bits per heavy atom. The SMILES string of the molecule is O=C1S/C(=C/c2cc(Br)c(OCc3ccc(Cl)c(Cl)c3)c(Br)c2)C(=O)N1c1ccc(Cl)cc1. The van der Waals surface area contributed by atoms with Gasteiger partial charge in [-0.05, 0) is 109 Å². The fraction of sp³-hybridized carbons (Fsp3) is 0.0435. The van der Waals surface area contributed by atoms with E-state index in [1.807, 2.05) is 18.2 Å². The van der Waals surface area contributed by atoms with E-state index in [9.17, 15) is 9.59 Å². The number of carbonyl (C=O) groups is 2. The van der Waals surface area contributed by atoms with E-state index < -0.39 is 0 Å². The van der Waals surface area contributed by atoms with Crippen molar-refractivity contribution in [1.29, 1.82) is 0 Å². The second kappa shape index (κ2) is 10.4. The van der Waals surface area contributed by atoms with Crippen LogP contribution in [0.5, 0.6) is 5.75 Å². The summed E-state index contributed by atoms with van der Waals surface area (Å²) < 4.78 is 7.30. The second-order valence-electron chi connectivity index (χ2n) is 6.84. The molecule has 168 valence electrons. The monoisotopic (exact) mass is 645 g/mol. The van der Waals surface area contributed by atoms with Crippen LogP contribution in [0.25, 0.3) is 6.08 Å². The minimum absolute atomic E-state index is 0.285. The maximum atomic E-state index is 12.9. The Hall–Kier alpha value is -1.48. The molecule has 1 aliphatic heterocycles. The summed E-state index contributed by atoms with van der Waals surface area (Å²) in [5.74, 6) is 0.201. The number of thioether (sulfide) groups is 1. The van der Waals surface area contributed by atoms with Crippen LogP contribution in [0.15, 0.2) is 68.4 Å². The molecule has 0 saturated carbocycles. The van der Waals surface area contributed by atoms with Crippen LogP contribution >= 0.6 is 78.4 Å². The molecule has 0 spiro atoms. The van der Waals surface area contributed by atoms with Gasteiger partial charge in [-0.15, -0.1) is 0 Å². The lowest BCUT2D eigenvalue weighted by atomic mass is 10.2. The smallest absolute Gasteiger partial charge is 0.298 e. The Morgan fingerprint density at radius 1 is 0.909 bits per heavy atom. The summed E-state index contributed by atoms with van der Waals surface area (Å²) >= 11 is 25.8. The summed E-state index contributed by atoms with van der Waals surface area (Å²) in [5, 5.41) is 1.09. The normalized spacial score (nSPS) is 14.9. The van der Waals surface area contributed by atoms with Crippen molar-refractivity contribution in [2.24, 2.45) is 0 Å². The van der Waals surface area contributed by atoms with Crippen molar-refractivity contribution >= 4 is 101 Å². The summed E-state index contributed by atoms with van der Waals surface area (Å²) in [6, 6.07) is 15.5. The first-order valence-corrected chi connectivity index (χ1v) is 12.9. The molecule has 3 aromatic carbocycles. The van der Waals surface area contributed by atoms with Gasteiger partial charge in [0, 0.05) is 5.02 Å². The first-order valence-electron chi connectivity index (χ1n) is 9.32. The van der Waals surface area contributed by atoms with Crippen molar-refractivity contribution in [2.45, 2.75) is 6.61 Å². The number of hydrogen-bond donors (Lipinski definition) is 0. The molecule has 0 aliphatic carbocycles. The van der Waals surface area contributed by atoms with Gasteiger partial charge >= 0.3 is 0 Å². The molecule has 0 atom stereocenters. The van der Waals surface area contributed by atoms with Crippen LogP contribution in [0.4, 0.5) is 10.5 Å². The quantitative estimate of drug-likeness (QED) is 0.259. The summed E-state index contributed by atoms with van der Waals surface area (Å²) in [6.07, 6.45) is 1.67. The molecule has 1 fully saturated rings. The van der Waals surface area contributed by atoms with Gasteiger partial charge in [0.25, 0.3) is 11.1 Å². The number of hydrogen-bond acceptors (Lipinski definition) is 4. The Balaban J connectivity index is 1.54. The average Bonchev–Trinajstić information content (AvgIpc) is 3.03. The molecule has 0 radical (unpaired) electrons. The molecule has 4 rings (SSSR count). The molecule has 1 aliphatic rings. The maximum absolute atomic E-state index is 12.9. The molecule has 1 saturated heterocycles. The molecule has 0 N–H and O–H groups in total. The van der Waals surface area contributed by atoms with Gasteiger partial charge in [-0.3, -0.25) is 9.59 Å². The van der Waals surface area contributed by atoms with Crippen LogP contribution in [0.1, 0.15) is 11.1 Å². The lowest BCUT2D eigenvalue weighted by molar-refractivity contribution is -0.113. The summed E-state index contributed by atoms with van der Waals surface area (Å²) in [7, 11) is 0. The number of rotatable bonds is 5. The highest BCUT2D eigenvalue weighted by molar-refractivity contribution is 9.11. The fourth-order valence-corrected chi connectivity index (χ4v) is 5.76. The summed E-state index contributed by atoms with van der Waals surface area (Å²) in [4.78, 5) is 26.8. The maximum Gasteiger partial charge on any atom is 0.298 e. The number of ether oxygens (including phenoxy) is 1. The third-order valence-corrected chi connectivity index (χ3v) is 7.60. The van der Waals surface area contributed by atoms with Crippen LogP contribution in [-0.2, 0) is 11.4 Å². The van der Waals surface area contributed by atoms with Gasteiger partial charge in [0.05, 0.1) is 29.6 Å². The molecule has 10 heteroatoms. The first-order chi connectivity index (χ1) is 15.7. The zero-order chi connectivity index (χ0) is 23.7. The van der Waals surface area contributed by atoms with E-state index in [4.69, 9.17) is 39.5 Å². The molecule has 4 nitrogen and oxygen atoms in total. The topological polar surface area (TPSA) is 46.6 Å². The molecule has 2 amide bonds. The van der Waals surface area contributed by atoms with Gasteiger partial charge in [-0.1, -0.05) is 40.9 Å². The van der Waals surface area contributed by atoms with E-state index in [-0.39, 0.29) is 17.8 Å². The van der Waals surface area contributed by atoms with Crippen molar-refractivity contribution in [2.75, 3.05) is 4.90 Å². The molecule has 33 heavy (non-hydrogen) atoms. The Labute approximate surface area is 226 Å². The highest BCUT2D eigenvalue weighted by Crippen LogP contribution is 2.39. The number of carbonyl (C=O) groups excluding carboxylic acids is 2. The van der Waals surface area contributed by atoms with Crippen LogP contribution in [0, 0.1) is 0 Å². The minimum atomic E-state index is -0.389. The summed E-state index contributed by atoms with van der Waals surface area (Å²) in [5.41, 5.74) is 2.05. The largest absolute Gasteiger partial charge is 0.487 e. The van der Waals surface area contributed by atoms with Crippen LogP contribution < -0.4 is 9.64 Å². The molecule has 0 aromatic heterocycles. The van der Waals surface area contributed by atoms with Crippen LogP contribution in [0.3, 0.4) is 0 Å². The predicted octanol–water partition coefficient (Wildman–Crippen LogP) is 8.99. The molecule has 0 bridgehead atoms. The van der Waals surface area contributed by atoms with E-state index in [1.54, 1.807) is 42.5 Å². The van der Waals surface area contributed by atoms with E-state index in [1.165, 1.54) is 0 Å². The summed E-state index contributed by atoms with van der Waals surface area (Å²) in [6.45, 7) is 0.285. The third-order valence-electron chi connectivity index (χ3n) is 4.56. The van der Waals surface area contributed by atoms with Crippen molar-refractivity contribution in [3.05, 3.63) is 94.6 Å². The number of benzene rings is 3. The first kappa shape index (κ1) is 24.6. The molecule has 0 unspecified atom stereocenters. The minimum Gasteiger partial charge on any atom is -0.487 e. The Bertz CT molecular complexity index is 1280. The second-order valence-corrected chi connectivity index (χ2v) is 10.8. The number of nitrogens with zero attached hydrogens (tertiary/aromatic N) is 1. The zero-order valence-corrected chi connectivity index (χ0v) is 22.7.